The first-order valence-corrected chi connectivity index (χ1v) is 15.5. The molecule has 0 aliphatic rings. The van der Waals surface area contributed by atoms with E-state index in [1.807, 2.05) is 18.2 Å². The summed E-state index contributed by atoms with van der Waals surface area (Å²) < 4.78 is 7.08. The van der Waals surface area contributed by atoms with Gasteiger partial charge in [-0.25, -0.2) is 0 Å². The first kappa shape index (κ1) is 20.6. The van der Waals surface area contributed by atoms with Crippen LogP contribution in [0.2, 0.25) is 25.7 Å². The minimum Gasteiger partial charge on any atom is -0.508 e. The van der Waals surface area contributed by atoms with Gasteiger partial charge in [0.25, 0.3) is 0 Å². The normalized spacial score (nSPS) is 12.1. The molecule has 0 radical (unpaired) electrons. The molecule has 0 amide bonds. The molecule has 0 heterocycles. The lowest BCUT2D eigenvalue weighted by molar-refractivity contribution is 0.467. The average molecular weight is 407 g/mol. The summed E-state index contributed by atoms with van der Waals surface area (Å²) in [5.41, 5.74) is 1.03. The van der Waals surface area contributed by atoms with Gasteiger partial charge in [-0.05, 0) is 60.5 Å². The van der Waals surface area contributed by atoms with E-state index in [2.05, 4.69) is 80.3 Å². The largest absolute Gasteiger partial charge is 0.508 e. The summed E-state index contributed by atoms with van der Waals surface area (Å²) in [5, 5.41) is 12.7. The predicted octanol–water partition coefficient (Wildman–Crippen LogP) is 4.94. The molecule has 0 atom stereocenters. The Morgan fingerprint density at radius 3 is 1.75 bits per heavy atom. The lowest BCUT2D eigenvalue weighted by Crippen LogP contribution is -2.62. The highest BCUT2D eigenvalue weighted by atomic mass is 28.4. The molecule has 0 saturated carbocycles. The first-order chi connectivity index (χ1) is 13.4. The van der Waals surface area contributed by atoms with E-state index in [-0.39, 0.29) is 0 Å². The highest BCUT2D eigenvalue weighted by molar-refractivity contribution is 7.01. The first-order valence-electron chi connectivity index (χ1n) is 9.99. The minimum atomic E-state index is -2.26. The van der Waals surface area contributed by atoms with Crippen molar-refractivity contribution in [3.8, 4) is 5.75 Å². The standard InChI is InChI=1S/C24H30O2Si2/c1-27(2,20-12-14-21-13-10-11-19-24(21)25)26-28(3,22-15-6-4-7-16-22)23-17-8-5-9-18-23/h4-11,13,15-19,25H,12,14,20H2,1-3H3. The average Bonchev–Trinajstić information content (AvgIpc) is 2.70. The van der Waals surface area contributed by atoms with Crippen LogP contribution in [0.1, 0.15) is 12.0 Å². The van der Waals surface area contributed by atoms with E-state index in [0.29, 0.717) is 5.75 Å². The molecule has 4 heteroatoms. The van der Waals surface area contributed by atoms with Crippen LogP contribution >= 0.6 is 0 Å². The van der Waals surface area contributed by atoms with Crippen LogP contribution in [-0.4, -0.2) is 21.7 Å². The predicted molar refractivity (Wildman–Crippen MR) is 124 cm³/mol. The quantitative estimate of drug-likeness (QED) is 0.537. The van der Waals surface area contributed by atoms with Gasteiger partial charge in [-0.1, -0.05) is 78.9 Å². The van der Waals surface area contributed by atoms with Gasteiger partial charge in [0.2, 0.25) is 8.32 Å². The van der Waals surface area contributed by atoms with Crippen LogP contribution in [0.3, 0.4) is 0 Å². The number of aryl methyl sites for hydroxylation is 1. The molecule has 0 aliphatic heterocycles. The van der Waals surface area contributed by atoms with Crippen molar-refractivity contribution in [2.24, 2.45) is 0 Å². The second-order valence-corrected chi connectivity index (χ2v) is 16.2. The van der Waals surface area contributed by atoms with Crippen LogP contribution < -0.4 is 10.4 Å². The van der Waals surface area contributed by atoms with Gasteiger partial charge in [0.1, 0.15) is 5.75 Å². The van der Waals surface area contributed by atoms with Crippen LogP contribution in [0.4, 0.5) is 0 Å². The Kier molecular flexibility index (Phi) is 6.55. The SMILES string of the molecule is C[Si](C)(CCCc1ccccc1O)O[Si](C)(c1ccccc1)c1ccccc1. The maximum absolute atomic E-state index is 10.0. The molecule has 0 bridgehead atoms. The topological polar surface area (TPSA) is 29.5 Å². The lowest BCUT2D eigenvalue weighted by atomic mass is 10.1. The Balaban J connectivity index is 1.77. The summed E-state index contributed by atoms with van der Waals surface area (Å²) in [7, 11) is -4.16. The molecule has 3 rings (SSSR count). The number of phenolic OH excluding ortho intramolecular Hbond substituents is 1. The monoisotopic (exact) mass is 406 g/mol. The molecule has 0 spiro atoms. The lowest BCUT2D eigenvalue weighted by Gasteiger charge is -2.37. The molecule has 0 unspecified atom stereocenters. The van der Waals surface area contributed by atoms with Gasteiger partial charge >= 0.3 is 0 Å². The summed E-state index contributed by atoms with van der Waals surface area (Å²) in [6.07, 6.45) is 1.92. The van der Waals surface area contributed by atoms with Crippen molar-refractivity contribution in [1.82, 2.24) is 0 Å². The van der Waals surface area contributed by atoms with Crippen LogP contribution in [0.25, 0.3) is 0 Å². The van der Waals surface area contributed by atoms with Crippen molar-refractivity contribution < 1.29 is 9.22 Å². The van der Waals surface area contributed by atoms with Crippen molar-refractivity contribution in [3.05, 3.63) is 90.5 Å². The third kappa shape index (κ3) is 5.01. The summed E-state index contributed by atoms with van der Waals surface area (Å²) in [6, 6.07) is 30.1. The molecule has 0 saturated heterocycles. The number of phenols is 1. The number of aromatic hydroxyl groups is 1. The molecule has 146 valence electrons. The van der Waals surface area contributed by atoms with E-state index in [1.54, 1.807) is 6.07 Å². The van der Waals surface area contributed by atoms with Gasteiger partial charge in [0, 0.05) is 0 Å². The third-order valence-corrected chi connectivity index (χ3v) is 13.6. The fourth-order valence-corrected chi connectivity index (χ4v) is 12.6. The Labute approximate surface area is 171 Å². The van der Waals surface area contributed by atoms with E-state index in [9.17, 15) is 5.11 Å². The molecule has 2 nitrogen and oxygen atoms in total. The van der Waals surface area contributed by atoms with E-state index < -0.39 is 16.6 Å². The fourth-order valence-electron chi connectivity index (χ4n) is 3.83. The number of para-hydroxylation sites is 1. The molecule has 3 aromatic rings. The Morgan fingerprint density at radius 2 is 1.21 bits per heavy atom. The van der Waals surface area contributed by atoms with E-state index in [4.69, 9.17) is 4.12 Å². The smallest absolute Gasteiger partial charge is 0.241 e. The van der Waals surface area contributed by atoms with E-state index in [1.165, 1.54) is 10.4 Å². The highest BCUT2D eigenvalue weighted by Gasteiger charge is 2.39. The molecule has 0 aliphatic carbocycles. The molecule has 3 aromatic carbocycles. The van der Waals surface area contributed by atoms with Gasteiger partial charge in [-0.2, -0.15) is 0 Å². The molecule has 28 heavy (non-hydrogen) atoms. The van der Waals surface area contributed by atoms with Crippen LogP contribution in [0.15, 0.2) is 84.9 Å². The number of benzene rings is 3. The van der Waals surface area contributed by atoms with Crippen LogP contribution in [-0.2, 0) is 10.5 Å². The summed E-state index contributed by atoms with van der Waals surface area (Å²) >= 11 is 0. The minimum absolute atomic E-state index is 0.399. The van der Waals surface area contributed by atoms with Gasteiger partial charge in [0.15, 0.2) is 8.32 Å². The van der Waals surface area contributed by atoms with Gasteiger partial charge in [-0.15, -0.1) is 0 Å². The van der Waals surface area contributed by atoms with Gasteiger partial charge in [0.05, 0.1) is 0 Å². The summed E-state index contributed by atoms with van der Waals surface area (Å²) in [5.74, 6) is 0.399. The maximum Gasteiger partial charge on any atom is 0.241 e. The Hall–Kier alpha value is -2.15. The van der Waals surface area contributed by atoms with Crippen molar-refractivity contribution in [2.75, 3.05) is 0 Å². The Bertz CT molecular complexity index is 840. The maximum atomic E-state index is 10.0. The van der Waals surface area contributed by atoms with E-state index in [0.717, 1.165) is 24.4 Å². The molecular formula is C24H30O2Si2. The van der Waals surface area contributed by atoms with Gasteiger partial charge < -0.3 is 9.22 Å². The number of rotatable bonds is 8. The summed E-state index contributed by atoms with van der Waals surface area (Å²) in [6.45, 7) is 6.99. The zero-order chi connectivity index (χ0) is 20.0. The second-order valence-electron chi connectivity index (χ2n) is 8.11. The van der Waals surface area contributed by atoms with Crippen molar-refractivity contribution in [1.29, 1.82) is 0 Å². The van der Waals surface area contributed by atoms with Crippen LogP contribution in [0.5, 0.6) is 5.75 Å². The Morgan fingerprint density at radius 1 is 0.714 bits per heavy atom. The zero-order valence-corrected chi connectivity index (χ0v) is 19.1. The van der Waals surface area contributed by atoms with Crippen molar-refractivity contribution in [3.63, 3.8) is 0 Å². The number of hydrogen-bond acceptors (Lipinski definition) is 2. The molecule has 0 aromatic heterocycles. The molecular weight excluding hydrogens is 376 g/mol. The van der Waals surface area contributed by atoms with E-state index >= 15 is 0 Å². The number of hydrogen-bond donors (Lipinski definition) is 1. The third-order valence-electron chi connectivity index (χ3n) is 5.35. The van der Waals surface area contributed by atoms with Crippen molar-refractivity contribution in [2.45, 2.75) is 38.5 Å². The summed E-state index contributed by atoms with van der Waals surface area (Å²) in [4.78, 5) is 0. The zero-order valence-electron chi connectivity index (χ0n) is 17.1. The van der Waals surface area contributed by atoms with Crippen LogP contribution in [0, 0.1) is 0 Å². The van der Waals surface area contributed by atoms with Gasteiger partial charge in [-0.3, -0.25) is 0 Å². The fraction of sp³-hybridized carbons (Fsp3) is 0.250. The second kappa shape index (κ2) is 8.90. The molecule has 1 N–H and O–H groups in total. The molecule has 0 fully saturated rings. The van der Waals surface area contributed by atoms with Crippen molar-refractivity contribution >= 4 is 27.0 Å². The highest BCUT2D eigenvalue weighted by Crippen LogP contribution is 2.24.